The zero-order chi connectivity index (χ0) is 77.1. The number of carbonyl (C=O) groups excluding carboxylic acids is 4. The number of aliphatic hydroxyl groups excluding tert-OH is 1. The number of ether oxygens (including phenoxy) is 4. The SMILES string of the molecule is CCCCCCCCCCCCCCCCCCCCCCCC(=O)O[C@H](COC(=O)CCCCCCCCCCCCCCCCCCC(C)C)COP(=O)(O)OC[C@@H](O)COP(=O)(O)OC[C@@H](COC(=O)CCCCCCCCCCCCCC)OC(=O)CCCCCCCCCCCCC(C)C. The van der Waals surface area contributed by atoms with Gasteiger partial charge >= 0.3 is 39.5 Å². The van der Waals surface area contributed by atoms with Gasteiger partial charge in [-0.2, -0.15) is 0 Å². The summed E-state index contributed by atoms with van der Waals surface area (Å²) in [4.78, 5) is 73.2. The molecule has 0 aliphatic heterocycles. The quantitative estimate of drug-likeness (QED) is 0.0222. The Labute approximate surface area is 645 Å². The van der Waals surface area contributed by atoms with E-state index in [1.54, 1.807) is 0 Å². The van der Waals surface area contributed by atoms with Crippen LogP contribution in [0.1, 0.15) is 459 Å². The van der Waals surface area contributed by atoms with Crippen LogP contribution in [0.2, 0.25) is 0 Å². The lowest BCUT2D eigenvalue weighted by molar-refractivity contribution is -0.161. The van der Waals surface area contributed by atoms with Crippen LogP contribution in [0.5, 0.6) is 0 Å². The molecule has 0 aromatic carbocycles. The van der Waals surface area contributed by atoms with Crippen molar-refractivity contribution in [2.24, 2.45) is 11.8 Å². The van der Waals surface area contributed by atoms with Gasteiger partial charge in [0.25, 0.3) is 0 Å². The fourth-order valence-corrected chi connectivity index (χ4v) is 15.0. The standard InChI is InChI=1S/C86H168O17P2/c1-7-9-11-13-15-17-19-21-22-23-24-25-26-27-32-35-39-46-52-58-64-70-85(90)102-81(74-97-84(89)69-63-57-51-45-38-34-31-29-28-30-33-36-42-48-54-60-66-78(3)4)76-100-104(92,93)98-72-80(87)73-99-105(94,95)101-77-82(75-96-83(88)68-62-56-50-44-37-20-18-16-14-12-10-8-2)103-86(91)71-65-59-53-47-41-40-43-49-55-61-67-79(5)6/h78-82,87H,7-77H2,1-6H3,(H,92,93)(H,94,95)/t80-,81-,82-/m1/s1. The summed E-state index contributed by atoms with van der Waals surface area (Å²) in [5.74, 6) is -0.537. The van der Waals surface area contributed by atoms with Crippen LogP contribution in [0, 0.1) is 11.8 Å². The minimum Gasteiger partial charge on any atom is -0.462 e. The molecule has 0 radical (unpaired) electrons. The monoisotopic (exact) mass is 1540 g/mol. The first kappa shape index (κ1) is 103. The summed E-state index contributed by atoms with van der Waals surface area (Å²) >= 11 is 0. The van der Waals surface area contributed by atoms with Gasteiger partial charge < -0.3 is 33.8 Å². The Balaban J connectivity index is 5.23. The van der Waals surface area contributed by atoms with Crippen molar-refractivity contribution in [3.63, 3.8) is 0 Å². The Morgan fingerprint density at radius 1 is 0.257 bits per heavy atom. The highest BCUT2D eigenvalue weighted by Crippen LogP contribution is 2.45. The predicted molar refractivity (Wildman–Crippen MR) is 432 cm³/mol. The molecule has 0 saturated carbocycles. The number of hydrogen-bond acceptors (Lipinski definition) is 15. The van der Waals surface area contributed by atoms with E-state index < -0.39 is 97.5 Å². The van der Waals surface area contributed by atoms with Crippen LogP contribution in [-0.4, -0.2) is 96.7 Å². The number of rotatable bonds is 85. The molecule has 19 heteroatoms. The average Bonchev–Trinajstić information content (AvgIpc) is 0.903. The van der Waals surface area contributed by atoms with Crippen molar-refractivity contribution in [2.75, 3.05) is 39.6 Å². The lowest BCUT2D eigenvalue weighted by Crippen LogP contribution is -2.30. The molecular weight excluding hydrogens is 1370 g/mol. The van der Waals surface area contributed by atoms with Gasteiger partial charge in [0.2, 0.25) is 0 Å². The first-order valence-electron chi connectivity index (χ1n) is 44.5. The third kappa shape index (κ3) is 79.9. The lowest BCUT2D eigenvalue weighted by Gasteiger charge is -2.21. The number of unbranched alkanes of at least 4 members (excludes halogenated alkanes) is 55. The van der Waals surface area contributed by atoms with Crippen LogP contribution >= 0.6 is 15.6 Å². The van der Waals surface area contributed by atoms with E-state index in [1.807, 2.05) is 0 Å². The predicted octanol–water partition coefficient (Wildman–Crippen LogP) is 26.2. The van der Waals surface area contributed by atoms with Crippen LogP contribution < -0.4 is 0 Å². The Kier molecular flexibility index (Phi) is 76.0. The Hall–Kier alpha value is -1.94. The molecule has 5 atom stereocenters. The summed E-state index contributed by atoms with van der Waals surface area (Å²) in [6.07, 6.45) is 69.4. The average molecular weight is 1540 g/mol. The van der Waals surface area contributed by atoms with E-state index in [1.165, 1.54) is 276 Å². The second-order valence-electron chi connectivity index (χ2n) is 31.9. The van der Waals surface area contributed by atoms with Gasteiger partial charge in [0.1, 0.15) is 19.3 Å². The van der Waals surface area contributed by atoms with Crippen LogP contribution in [0.15, 0.2) is 0 Å². The summed E-state index contributed by atoms with van der Waals surface area (Å²) in [7, 11) is -9.93. The van der Waals surface area contributed by atoms with Crippen LogP contribution in [0.4, 0.5) is 0 Å². The van der Waals surface area contributed by atoms with Crippen molar-refractivity contribution in [1.82, 2.24) is 0 Å². The van der Waals surface area contributed by atoms with Crippen LogP contribution in [-0.2, 0) is 65.4 Å². The molecule has 0 bridgehead atoms. The maximum Gasteiger partial charge on any atom is 0.472 e. The number of esters is 4. The minimum atomic E-state index is -4.97. The molecule has 0 aliphatic carbocycles. The molecule has 0 aliphatic rings. The molecule has 2 unspecified atom stereocenters. The van der Waals surface area contributed by atoms with E-state index in [-0.39, 0.29) is 25.7 Å². The topological polar surface area (TPSA) is 237 Å². The van der Waals surface area contributed by atoms with Gasteiger partial charge in [0.05, 0.1) is 26.4 Å². The van der Waals surface area contributed by atoms with Gasteiger partial charge in [-0.05, 0) is 37.5 Å². The molecule has 0 amide bonds. The van der Waals surface area contributed by atoms with E-state index >= 15 is 0 Å². The summed E-state index contributed by atoms with van der Waals surface area (Å²) in [5, 5.41) is 10.7. The molecule has 0 aromatic heterocycles. The van der Waals surface area contributed by atoms with Crippen molar-refractivity contribution in [3.05, 3.63) is 0 Å². The third-order valence-electron chi connectivity index (χ3n) is 20.2. The van der Waals surface area contributed by atoms with Crippen molar-refractivity contribution in [3.8, 4) is 0 Å². The number of hydrogen-bond donors (Lipinski definition) is 3. The van der Waals surface area contributed by atoms with Gasteiger partial charge in [-0.1, -0.05) is 408 Å². The van der Waals surface area contributed by atoms with Gasteiger partial charge in [0, 0.05) is 25.7 Å². The molecule has 0 fully saturated rings. The van der Waals surface area contributed by atoms with Crippen LogP contribution in [0.25, 0.3) is 0 Å². The van der Waals surface area contributed by atoms with Crippen LogP contribution in [0.3, 0.4) is 0 Å². The van der Waals surface area contributed by atoms with E-state index in [9.17, 15) is 43.2 Å². The highest BCUT2D eigenvalue weighted by atomic mass is 31.2. The number of phosphoric acid groups is 2. The Bertz CT molecular complexity index is 2010. The van der Waals surface area contributed by atoms with Gasteiger partial charge in [-0.25, -0.2) is 9.13 Å². The number of carbonyl (C=O) groups is 4. The Morgan fingerprint density at radius 2 is 0.438 bits per heavy atom. The van der Waals surface area contributed by atoms with Crippen molar-refractivity contribution in [1.29, 1.82) is 0 Å². The molecule has 0 spiro atoms. The van der Waals surface area contributed by atoms with Crippen molar-refractivity contribution < 1.29 is 80.2 Å². The van der Waals surface area contributed by atoms with E-state index in [0.717, 1.165) is 102 Å². The van der Waals surface area contributed by atoms with Gasteiger partial charge in [-0.15, -0.1) is 0 Å². The second kappa shape index (κ2) is 77.4. The van der Waals surface area contributed by atoms with E-state index in [4.69, 9.17) is 37.0 Å². The number of aliphatic hydroxyl groups is 1. The minimum absolute atomic E-state index is 0.107. The smallest absolute Gasteiger partial charge is 0.462 e. The molecule has 17 nitrogen and oxygen atoms in total. The first-order chi connectivity index (χ1) is 50.9. The summed E-state index contributed by atoms with van der Waals surface area (Å²) < 4.78 is 68.9. The number of phosphoric ester groups is 2. The molecule has 105 heavy (non-hydrogen) atoms. The van der Waals surface area contributed by atoms with Crippen molar-refractivity contribution in [2.45, 2.75) is 477 Å². The zero-order valence-electron chi connectivity index (χ0n) is 69.0. The zero-order valence-corrected chi connectivity index (χ0v) is 70.8. The molecule has 3 N–H and O–H groups in total. The third-order valence-corrected chi connectivity index (χ3v) is 22.1. The summed E-state index contributed by atoms with van der Waals surface area (Å²) in [5.41, 5.74) is 0. The van der Waals surface area contributed by atoms with Crippen molar-refractivity contribution >= 4 is 39.5 Å². The van der Waals surface area contributed by atoms with Gasteiger partial charge in [-0.3, -0.25) is 37.3 Å². The van der Waals surface area contributed by atoms with E-state index in [0.29, 0.717) is 25.7 Å². The maximum atomic E-state index is 13.2. The largest absolute Gasteiger partial charge is 0.472 e. The maximum absolute atomic E-state index is 13.2. The highest BCUT2D eigenvalue weighted by Gasteiger charge is 2.30. The fraction of sp³-hybridized carbons (Fsp3) is 0.953. The Morgan fingerprint density at radius 3 is 0.648 bits per heavy atom. The van der Waals surface area contributed by atoms with E-state index in [2.05, 4.69) is 41.5 Å². The molecule has 0 saturated heterocycles. The second-order valence-corrected chi connectivity index (χ2v) is 34.8. The molecule has 624 valence electrons. The highest BCUT2D eigenvalue weighted by molar-refractivity contribution is 7.47. The van der Waals surface area contributed by atoms with Gasteiger partial charge in [0.15, 0.2) is 12.2 Å². The first-order valence-corrected chi connectivity index (χ1v) is 47.5. The molecule has 0 rings (SSSR count). The summed E-state index contributed by atoms with van der Waals surface area (Å²) in [6.45, 7) is 9.69. The molecular formula is C86H168O17P2. The lowest BCUT2D eigenvalue weighted by atomic mass is 10.0. The summed E-state index contributed by atoms with van der Waals surface area (Å²) in [6, 6.07) is 0. The molecule has 0 aromatic rings. The normalized spacial score (nSPS) is 13.8. The molecule has 0 heterocycles. The fourth-order valence-electron chi connectivity index (χ4n) is 13.4.